The van der Waals surface area contributed by atoms with Crippen LogP contribution in [0.1, 0.15) is 44.2 Å². The molecule has 2 rings (SSSR count). The Hall–Kier alpha value is -1.00. The third kappa shape index (κ3) is 2.87. The summed E-state index contributed by atoms with van der Waals surface area (Å²) in [7, 11) is 0. The molecule has 1 saturated carbocycles. The van der Waals surface area contributed by atoms with Crippen molar-refractivity contribution in [2.45, 2.75) is 50.8 Å². The van der Waals surface area contributed by atoms with Crippen molar-refractivity contribution in [2.24, 2.45) is 0 Å². The molecular formula is C14H19F2NO. The minimum Gasteiger partial charge on any atom is -0.392 e. The first-order valence-corrected chi connectivity index (χ1v) is 6.47. The molecule has 0 spiro atoms. The Bertz CT molecular complexity index is 391. The van der Waals surface area contributed by atoms with Gasteiger partial charge >= 0.3 is 0 Å². The molecule has 100 valence electrons. The number of nitrogens with one attached hydrogen (secondary N) is 1. The third-order valence-corrected chi connectivity index (χ3v) is 3.63. The number of aliphatic hydroxyl groups is 1. The summed E-state index contributed by atoms with van der Waals surface area (Å²) in [5.74, 6) is -1.08. The summed E-state index contributed by atoms with van der Waals surface area (Å²) < 4.78 is 27.2. The summed E-state index contributed by atoms with van der Waals surface area (Å²) in [4.78, 5) is 0. The molecule has 1 aliphatic rings. The standard InChI is InChI=1S/C14H19F2NO/c1-9(14-10(15)5-4-6-11(14)16)17-12-7-2-3-8-13(12)18/h4-6,9,12-13,17-18H,2-3,7-8H2,1H3. The van der Waals surface area contributed by atoms with Crippen molar-refractivity contribution in [1.82, 2.24) is 5.32 Å². The van der Waals surface area contributed by atoms with Gasteiger partial charge in [-0.15, -0.1) is 0 Å². The Balaban J connectivity index is 2.09. The number of rotatable bonds is 3. The zero-order valence-electron chi connectivity index (χ0n) is 10.5. The molecule has 1 aliphatic carbocycles. The quantitative estimate of drug-likeness (QED) is 0.870. The van der Waals surface area contributed by atoms with Crippen molar-refractivity contribution in [3.05, 3.63) is 35.4 Å². The Labute approximate surface area is 106 Å². The lowest BCUT2D eigenvalue weighted by Crippen LogP contribution is -2.43. The first kappa shape index (κ1) is 13.4. The Morgan fingerprint density at radius 3 is 2.44 bits per heavy atom. The van der Waals surface area contributed by atoms with E-state index in [0.717, 1.165) is 25.7 Å². The first-order valence-electron chi connectivity index (χ1n) is 6.47. The average Bonchev–Trinajstić information content (AvgIpc) is 2.32. The number of halogens is 2. The number of benzene rings is 1. The molecule has 0 aliphatic heterocycles. The fourth-order valence-electron chi connectivity index (χ4n) is 2.63. The maximum atomic E-state index is 13.6. The van der Waals surface area contributed by atoms with E-state index in [1.807, 2.05) is 0 Å². The van der Waals surface area contributed by atoms with E-state index in [1.54, 1.807) is 6.92 Å². The van der Waals surface area contributed by atoms with Gasteiger partial charge in [0.05, 0.1) is 6.10 Å². The summed E-state index contributed by atoms with van der Waals surface area (Å²) >= 11 is 0. The molecule has 1 aromatic carbocycles. The zero-order valence-corrected chi connectivity index (χ0v) is 10.5. The summed E-state index contributed by atoms with van der Waals surface area (Å²) in [5, 5.41) is 13.0. The van der Waals surface area contributed by atoms with Gasteiger partial charge < -0.3 is 10.4 Å². The van der Waals surface area contributed by atoms with Crippen LogP contribution >= 0.6 is 0 Å². The van der Waals surface area contributed by atoms with Crippen LogP contribution < -0.4 is 5.32 Å². The van der Waals surface area contributed by atoms with Crippen LogP contribution in [0.2, 0.25) is 0 Å². The highest BCUT2D eigenvalue weighted by atomic mass is 19.1. The lowest BCUT2D eigenvalue weighted by molar-refractivity contribution is 0.0854. The maximum Gasteiger partial charge on any atom is 0.130 e. The fraction of sp³-hybridized carbons (Fsp3) is 0.571. The van der Waals surface area contributed by atoms with Crippen LogP contribution in [0.15, 0.2) is 18.2 Å². The predicted molar refractivity (Wildman–Crippen MR) is 66.2 cm³/mol. The summed E-state index contributed by atoms with van der Waals surface area (Å²) in [5.41, 5.74) is 0.0512. The minimum atomic E-state index is -0.541. The second-order valence-electron chi connectivity index (χ2n) is 4.98. The highest BCUT2D eigenvalue weighted by Gasteiger charge is 2.26. The fourth-order valence-corrected chi connectivity index (χ4v) is 2.63. The van der Waals surface area contributed by atoms with Gasteiger partial charge in [-0.25, -0.2) is 8.78 Å². The van der Waals surface area contributed by atoms with Gasteiger partial charge in [-0.1, -0.05) is 18.9 Å². The Morgan fingerprint density at radius 1 is 1.22 bits per heavy atom. The van der Waals surface area contributed by atoms with Gasteiger partial charge in [0.1, 0.15) is 11.6 Å². The third-order valence-electron chi connectivity index (χ3n) is 3.63. The molecule has 0 amide bonds. The van der Waals surface area contributed by atoms with Crippen LogP contribution in [-0.2, 0) is 0 Å². The summed E-state index contributed by atoms with van der Waals surface area (Å²) in [6.45, 7) is 1.73. The van der Waals surface area contributed by atoms with Crippen molar-refractivity contribution in [3.63, 3.8) is 0 Å². The molecule has 1 aromatic rings. The molecule has 2 nitrogen and oxygen atoms in total. The van der Waals surface area contributed by atoms with Crippen molar-refractivity contribution in [2.75, 3.05) is 0 Å². The van der Waals surface area contributed by atoms with Gasteiger partial charge in [-0.05, 0) is 31.9 Å². The van der Waals surface area contributed by atoms with E-state index in [-0.39, 0.29) is 11.6 Å². The second-order valence-corrected chi connectivity index (χ2v) is 4.98. The van der Waals surface area contributed by atoms with Crippen LogP contribution in [0, 0.1) is 11.6 Å². The molecule has 0 radical (unpaired) electrons. The lowest BCUT2D eigenvalue weighted by Gasteiger charge is -2.31. The normalized spacial score (nSPS) is 26.0. The van der Waals surface area contributed by atoms with Crippen LogP contribution in [0.3, 0.4) is 0 Å². The van der Waals surface area contributed by atoms with Gasteiger partial charge in [0.25, 0.3) is 0 Å². The lowest BCUT2D eigenvalue weighted by atomic mass is 9.91. The van der Waals surface area contributed by atoms with E-state index in [9.17, 15) is 13.9 Å². The van der Waals surface area contributed by atoms with Crippen LogP contribution in [-0.4, -0.2) is 17.3 Å². The summed E-state index contributed by atoms with van der Waals surface area (Å²) in [6.07, 6.45) is 3.24. The predicted octanol–water partition coefficient (Wildman–Crippen LogP) is 2.92. The molecule has 0 saturated heterocycles. The molecule has 4 heteroatoms. The molecule has 2 N–H and O–H groups in total. The van der Waals surface area contributed by atoms with Crippen molar-refractivity contribution < 1.29 is 13.9 Å². The van der Waals surface area contributed by atoms with Crippen LogP contribution in [0.5, 0.6) is 0 Å². The van der Waals surface area contributed by atoms with E-state index in [1.165, 1.54) is 18.2 Å². The largest absolute Gasteiger partial charge is 0.392 e. The molecule has 0 bridgehead atoms. The SMILES string of the molecule is CC(NC1CCCCC1O)c1c(F)cccc1F. The van der Waals surface area contributed by atoms with E-state index in [4.69, 9.17) is 0 Å². The topological polar surface area (TPSA) is 32.3 Å². The minimum absolute atomic E-state index is 0.0512. The van der Waals surface area contributed by atoms with E-state index in [0.29, 0.717) is 0 Å². The van der Waals surface area contributed by atoms with Crippen LogP contribution in [0.4, 0.5) is 8.78 Å². The van der Waals surface area contributed by atoms with Gasteiger partial charge in [0, 0.05) is 17.6 Å². The van der Waals surface area contributed by atoms with E-state index < -0.39 is 23.8 Å². The highest BCUT2D eigenvalue weighted by molar-refractivity contribution is 5.23. The molecule has 18 heavy (non-hydrogen) atoms. The number of hydrogen-bond donors (Lipinski definition) is 2. The second kappa shape index (κ2) is 5.76. The highest BCUT2D eigenvalue weighted by Crippen LogP contribution is 2.24. The van der Waals surface area contributed by atoms with E-state index in [2.05, 4.69) is 5.32 Å². The van der Waals surface area contributed by atoms with E-state index >= 15 is 0 Å². The van der Waals surface area contributed by atoms with Gasteiger partial charge in [0.15, 0.2) is 0 Å². The van der Waals surface area contributed by atoms with Crippen molar-refractivity contribution >= 4 is 0 Å². The first-order chi connectivity index (χ1) is 8.59. The smallest absolute Gasteiger partial charge is 0.130 e. The number of hydrogen-bond acceptors (Lipinski definition) is 2. The van der Waals surface area contributed by atoms with Crippen molar-refractivity contribution in [3.8, 4) is 0 Å². The van der Waals surface area contributed by atoms with Crippen molar-refractivity contribution in [1.29, 1.82) is 0 Å². The Morgan fingerprint density at radius 2 is 1.83 bits per heavy atom. The molecule has 0 heterocycles. The maximum absolute atomic E-state index is 13.6. The molecule has 1 fully saturated rings. The van der Waals surface area contributed by atoms with Gasteiger partial charge in [-0.3, -0.25) is 0 Å². The molecular weight excluding hydrogens is 236 g/mol. The molecule has 3 atom stereocenters. The molecule has 3 unspecified atom stereocenters. The average molecular weight is 255 g/mol. The van der Waals surface area contributed by atoms with Crippen LogP contribution in [0.25, 0.3) is 0 Å². The Kier molecular flexibility index (Phi) is 4.30. The zero-order chi connectivity index (χ0) is 13.1. The molecule has 0 aromatic heterocycles. The number of aliphatic hydroxyl groups excluding tert-OH is 1. The monoisotopic (exact) mass is 255 g/mol. The van der Waals surface area contributed by atoms with Gasteiger partial charge in [0.2, 0.25) is 0 Å². The summed E-state index contributed by atoms with van der Waals surface area (Å²) in [6, 6.07) is 3.36. The van der Waals surface area contributed by atoms with Gasteiger partial charge in [-0.2, -0.15) is 0 Å².